The van der Waals surface area contributed by atoms with Gasteiger partial charge >= 0.3 is 0 Å². The predicted molar refractivity (Wildman–Crippen MR) is 311 cm³/mol. The SMILES string of the molecule is COc1nc2ccc(Br)cc2cc1[C@@H](c1ccccc1)[C@@](O)(CCN(C)C)c1cccc2ccccc12.COc1nc2ccc(Br)cc2cc1[C@@H](c1ccccc1)[C@@](O)(CCN(C)C)c1cccc2ccccc12. The molecule has 10 heteroatoms. The van der Waals surface area contributed by atoms with Gasteiger partial charge in [0.05, 0.1) is 25.3 Å². The number of fused-ring (bicyclic) bond motifs is 4. The van der Waals surface area contributed by atoms with Gasteiger partial charge in [0, 0.05) is 55.8 Å². The zero-order valence-corrected chi connectivity index (χ0v) is 45.9. The Morgan fingerprint density at radius 3 is 1.19 bits per heavy atom. The van der Waals surface area contributed by atoms with E-state index in [0.717, 1.165) is 85.7 Å². The van der Waals surface area contributed by atoms with Crippen LogP contribution >= 0.6 is 31.9 Å². The molecular formula is C64H62Br2N4O4. The van der Waals surface area contributed by atoms with Crippen molar-refractivity contribution in [2.75, 3.05) is 55.5 Å². The van der Waals surface area contributed by atoms with Crippen molar-refractivity contribution in [2.24, 2.45) is 0 Å². The van der Waals surface area contributed by atoms with Gasteiger partial charge in [-0.3, -0.25) is 0 Å². The van der Waals surface area contributed by atoms with Gasteiger partial charge < -0.3 is 29.5 Å². The molecule has 10 aromatic rings. The van der Waals surface area contributed by atoms with Crippen LogP contribution in [0.2, 0.25) is 0 Å². The lowest BCUT2D eigenvalue weighted by molar-refractivity contribution is 0.00490. The number of hydrogen-bond donors (Lipinski definition) is 2. The molecule has 2 N–H and O–H groups in total. The summed E-state index contributed by atoms with van der Waals surface area (Å²) in [6.07, 6.45) is 1.04. The summed E-state index contributed by atoms with van der Waals surface area (Å²) < 4.78 is 13.7. The van der Waals surface area contributed by atoms with E-state index >= 15 is 0 Å². The molecule has 0 spiro atoms. The minimum Gasteiger partial charge on any atom is -0.481 e. The van der Waals surface area contributed by atoms with Gasteiger partial charge in [-0.15, -0.1) is 0 Å². The number of benzene rings is 8. The Morgan fingerprint density at radius 2 is 0.811 bits per heavy atom. The highest BCUT2D eigenvalue weighted by Crippen LogP contribution is 2.51. The third-order valence-electron chi connectivity index (χ3n) is 14.2. The summed E-state index contributed by atoms with van der Waals surface area (Å²) in [5.41, 5.74) is 4.72. The first kappa shape index (κ1) is 52.4. The molecular weight excluding hydrogens is 1050 g/mol. The van der Waals surface area contributed by atoms with Crippen LogP contribution in [-0.2, 0) is 11.2 Å². The van der Waals surface area contributed by atoms with E-state index in [9.17, 15) is 10.2 Å². The molecule has 0 aliphatic heterocycles. The fourth-order valence-corrected chi connectivity index (χ4v) is 11.4. The Morgan fingerprint density at radius 1 is 0.446 bits per heavy atom. The van der Waals surface area contributed by atoms with Gasteiger partial charge in [-0.25, -0.2) is 9.97 Å². The number of hydrogen-bond acceptors (Lipinski definition) is 8. The van der Waals surface area contributed by atoms with E-state index in [1.54, 1.807) is 14.2 Å². The minimum atomic E-state index is -1.25. The third kappa shape index (κ3) is 11.0. The number of nitrogens with zero attached hydrogens (tertiary/aromatic N) is 4. The highest BCUT2D eigenvalue weighted by Gasteiger charge is 2.45. The van der Waals surface area contributed by atoms with Crippen molar-refractivity contribution in [1.82, 2.24) is 19.8 Å². The van der Waals surface area contributed by atoms with Gasteiger partial charge in [0.2, 0.25) is 11.8 Å². The van der Waals surface area contributed by atoms with Crippen molar-refractivity contribution in [2.45, 2.75) is 35.9 Å². The van der Waals surface area contributed by atoms with E-state index in [2.05, 4.69) is 139 Å². The molecule has 0 saturated carbocycles. The summed E-state index contributed by atoms with van der Waals surface area (Å²) in [5.74, 6) is 0.190. The topological polar surface area (TPSA) is 91.2 Å². The Hall–Kier alpha value is -6.50. The van der Waals surface area contributed by atoms with E-state index < -0.39 is 23.0 Å². The maximum absolute atomic E-state index is 13.0. The number of aliphatic hydroxyl groups is 2. The Bertz CT molecular complexity index is 3300. The Kier molecular flexibility index (Phi) is 16.2. The summed E-state index contributed by atoms with van der Waals surface area (Å²) in [7, 11) is 11.5. The first-order valence-electron chi connectivity index (χ1n) is 24.9. The highest BCUT2D eigenvalue weighted by molar-refractivity contribution is 9.10. The molecule has 10 rings (SSSR count). The fraction of sp³-hybridized carbons (Fsp3) is 0.219. The second kappa shape index (κ2) is 22.9. The summed E-state index contributed by atoms with van der Waals surface area (Å²) in [4.78, 5) is 14.0. The molecule has 0 bridgehead atoms. The quantitative estimate of drug-likeness (QED) is 0.0989. The zero-order chi connectivity index (χ0) is 52.0. The number of pyridine rings is 2. The summed E-state index contributed by atoms with van der Waals surface area (Å²) in [6.45, 7) is 1.41. The molecule has 0 fully saturated rings. The average molecular weight is 1110 g/mol. The number of halogens is 2. The van der Waals surface area contributed by atoms with Gasteiger partial charge in [-0.2, -0.15) is 0 Å². The number of ether oxygens (including phenoxy) is 2. The summed E-state index contributed by atoms with van der Waals surface area (Å²) in [6, 6.07) is 65.6. The van der Waals surface area contributed by atoms with Crippen LogP contribution in [0.4, 0.5) is 0 Å². The molecule has 0 unspecified atom stereocenters. The van der Waals surface area contributed by atoms with E-state index in [0.29, 0.717) is 37.7 Å². The van der Waals surface area contributed by atoms with Gasteiger partial charge in [0.15, 0.2) is 0 Å². The third-order valence-corrected chi connectivity index (χ3v) is 15.1. The number of rotatable bonds is 16. The van der Waals surface area contributed by atoms with Crippen molar-refractivity contribution in [3.05, 3.63) is 236 Å². The van der Waals surface area contributed by atoms with Crippen LogP contribution in [0, 0.1) is 0 Å². The van der Waals surface area contributed by atoms with E-state index in [1.165, 1.54) is 0 Å². The largest absolute Gasteiger partial charge is 0.481 e. The summed E-state index contributed by atoms with van der Waals surface area (Å²) in [5, 5.41) is 32.3. The van der Waals surface area contributed by atoms with Gasteiger partial charge in [-0.05, 0) is 133 Å². The van der Waals surface area contributed by atoms with Crippen LogP contribution in [0.1, 0.15) is 58.1 Å². The van der Waals surface area contributed by atoms with Crippen LogP contribution in [0.15, 0.2) is 203 Å². The maximum atomic E-state index is 13.0. The minimum absolute atomic E-state index is 0.426. The molecule has 8 aromatic carbocycles. The average Bonchev–Trinajstić information content (AvgIpc) is 3.42. The zero-order valence-electron chi connectivity index (χ0n) is 42.7. The second-order valence-corrected chi connectivity index (χ2v) is 21.4. The van der Waals surface area contributed by atoms with E-state index in [4.69, 9.17) is 19.4 Å². The van der Waals surface area contributed by atoms with Crippen molar-refractivity contribution in [1.29, 1.82) is 0 Å². The van der Waals surface area contributed by atoms with Crippen LogP contribution < -0.4 is 9.47 Å². The normalized spacial score (nSPS) is 14.1. The lowest BCUT2D eigenvalue weighted by Gasteiger charge is -2.39. The van der Waals surface area contributed by atoms with Crippen molar-refractivity contribution >= 4 is 75.2 Å². The fourth-order valence-electron chi connectivity index (χ4n) is 10.6. The van der Waals surface area contributed by atoms with Crippen molar-refractivity contribution < 1.29 is 19.7 Å². The monoisotopic (exact) mass is 1110 g/mol. The maximum Gasteiger partial charge on any atom is 0.217 e. The molecule has 0 aliphatic rings. The van der Waals surface area contributed by atoms with Crippen molar-refractivity contribution in [3.8, 4) is 11.8 Å². The molecule has 8 nitrogen and oxygen atoms in total. The predicted octanol–water partition coefficient (Wildman–Crippen LogP) is 14.3. The van der Waals surface area contributed by atoms with E-state index in [-0.39, 0.29) is 0 Å². The Balaban J connectivity index is 0.000000182. The molecule has 74 heavy (non-hydrogen) atoms. The molecule has 376 valence electrons. The smallest absolute Gasteiger partial charge is 0.217 e. The molecule has 2 heterocycles. The molecule has 4 atom stereocenters. The Labute approximate surface area is 451 Å². The van der Waals surface area contributed by atoms with Crippen molar-refractivity contribution in [3.63, 3.8) is 0 Å². The van der Waals surface area contributed by atoms with Crippen LogP contribution in [0.25, 0.3) is 43.4 Å². The number of methoxy groups -OCH3 is 2. The van der Waals surface area contributed by atoms with Gasteiger partial charge in [-0.1, -0.05) is 177 Å². The van der Waals surface area contributed by atoms with Crippen LogP contribution in [-0.4, -0.2) is 85.5 Å². The van der Waals surface area contributed by atoms with Gasteiger partial charge in [0.1, 0.15) is 11.2 Å². The number of aromatic nitrogens is 2. The second-order valence-electron chi connectivity index (χ2n) is 19.5. The lowest BCUT2D eigenvalue weighted by Crippen LogP contribution is -2.38. The molecule has 0 aliphatic carbocycles. The standard InChI is InChI=1S/2C32H31BrN2O2/c2*1-35(2)19-18-32(36,28-15-9-13-22-10-7-8-14-26(22)28)30(23-11-5-4-6-12-23)27-21-24-20-25(33)16-17-29(24)34-31(27)37-3/h2*4-17,20-21,30,36H,18-19H2,1-3H3/t2*30-,32-/m11/s1. The molecule has 2 aromatic heterocycles. The van der Waals surface area contributed by atoms with E-state index in [1.807, 2.05) is 125 Å². The van der Waals surface area contributed by atoms with Crippen LogP contribution in [0.3, 0.4) is 0 Å². The first-order chi connectivity index (χ1) is 35.8. The first-order valence-corrected chi connectivity index (χ1v) is 26.5. The lowest BCUT2D eigenvalue weighted by atomic mass is 9.70. The highest BCUT2D eigenvalue weighted by atomic mass is 79.9. The molecule has 0 saturated heterocycles. The molecule has 0 radical (unpaired) electrons. The van der Waals surface area contributed by atoms with Gasteiger partial charge in [0.25, 0.3) is 0 Å². The van der Waals surface area contributed by atoms with Crippen LogP contribution in [0.5, 0.6) is 11.8 Å². The summed E-state index contributed by atoms with van der Waals surface area (Å²) >= 11 is 7.21. The molecule has 0 amide bonds.